The fourth-order valence-electron chi connectivity index (χ4n) is 1.82. The molecule has 0 saturated carbocycles. The average molecular weight is 297 g/mol. The Bertz CT molecular complexity index is 550. The fraction of sp³-hybridized carbons (Fsp3) is 0.500. The van der Waals surface area contributed by atoms with Gasteiger partial charge in [-0.25, -0.2) is 8.42 Å². The van der Waals surface area contributed by atoms with Gasteiger partial charge in [0.05, 0.1) is 10.7 Å². The molecule has 6 heteroatoms. The Kier molecular flexibility index (Phi) is 5.71. The molecule has 0 unspecified atom stereocenters. The van der Waals surface area contributed by atoms with Crippen molar-refractivity contribution >= 4 is 15.9 Å². The highest BCUT2D eigenvalue weighted by Gasteiger charge is 2.24. The van der Waals surface area contributed by atoms with Crippen molar-refractivity contribution in [1.29, 1.82) is 5.41 Å². The maximum atomic E-state index is 12.6. The molecule has 0 saturated heterocycles. The molecule has 0 aliphatic heterocycles. The largest absolute Gasteiger partial charge is 0.388 e. The van der Waals surface area contributed by atoms with E-state index in [4.69, 9.17) is 11.1 Å². The molecule has 0 spiro atoms. The summed E-state index contributed by atoms with van der Waals surface area (Å²) >= 11 is 0. The van der Waals surface area contributed by atoms with Crippen LogP contribution in [-0.2, 0) is 10.0 Å². The van der Waals surface area contributed by atoms with Gasteiger partial charge in [0.2, 0.25) is 10.0 Å². The first-order chi connectivity index (χ1) is 9.23. The number of nitrogens with one attached hydrogen (secondary N) is 1. The van der Waals surface area contributed by atoms with E-state index in [0.29, 0.717) is 6.54 Å². The average Bonchev–Trinajstić information content (AvgIpc) is 2.34. The number of hydrogen-bond donors (Lipinski definition) is 2. The molecule has 0 aliphatic carbocycles. The number of benzene rings is 1. The predicted molar refractivity (Wildman–Crippen MR) is 81.3 cm³/mol. The maximum Gasteiger partial charge on any atom is 0.243 e. The first-order valence-electron chi connectivity index (χ1n) is 6.63. The summed E-state index contributed by atoms with van der Waals surface area (Å²) in [4.78, 5) is 0.285. The van der Waals surface area contributed by atoms with E-state index in [1.807, 2.05) is 20.8 Å². The molecule has 0 fully saturated rings. The van der Waals surface area contributed by atoms with Crippen LogP contribution in [0.25, 0.3) is 0 Å². The van der Waals surface area contributed by atoms with Crippen molar-refractivity contribution in [2.45, 2.75) is 32.1 Å². The molecule has 0 aliphatic rings. The van der Waals surface area contributed by atoms with Gasteiger partial charge < -0.3 is 5.73 Å². The maximum absolute atomic E-state index is 12.6. The molecule has 0 atom stereocenters. The highest BCUT2D eigenvalue weighted by atomic mass is 32.2. The van der Waals surface area contributed by atoms with Crippen molar-refractivity contribution in [1.82, 2.24) is 4.31 Å². The van der Waals surface area contributed by atoms with E-state index in [-0.39, 0.29) is 29.6 Å². The minimum Gasteiger partial charge on any atom is -0.388 e. The fourth-order valence-corrected chi connectivity index (χ4v) is 3.43. The van der Waals surface area contributed by atoms with Crippen molar-refractivity contribution in [3.05, 3.63) is 29.8 Å². The van der Waals surface area contributed by atoms with Gasteiger partial charge in [-0.2, -0.15) is 4.31 Å². The Hall–Kier alpha value is -1.40. The van der Waals surface area contributed by atoms with Gasteiger partial charge in [-0.1, -0.05) is 31.5 Å². The first kappa shape index (κ1) is 16.7. The van der Waals surface area contributed by atoms with Gasteiger partial charge in [0.15, 0.2) is 0 Å². The van der Waals surface area contributed by atoms with Crippen LogP contribution in [0.15, 0.2) is 29.2 Å². The highest BCUT2D eigenvalue weighted by Crippen LogP contribution is 2.18. The van der Waals surface area contributed by atoms with E-state index < -0.39 is 10.0 Å². The molecule has 0 aromatic heterocycles. The Balaban J connectivity index is 3.03. The molecule has 1 aromatic carbocycles. The van der Waals surface area contributed by atoms with Crippen LogP contribution in [0.1, 0.15) is 25.8 Å². The molecular weight excluding hydrogens is 274 g/mol. The zero-order valence-corrected chi connectivity index (χ0v) is 13.1. The third-order valence-corrected chi connectivity index (χ3v) is 4.74. The van der Waals surface area contributed by atoms with Gasteiger partial charge in [-0.3, -0.25) is 5.41 Å². The number of rotatable bonds is 7. The zero-order chi connectivity index (χ0) is 15.3. The van der Waals surface area contributed by atoms with Gasteiger partial charge in [-0.15, -0.1) is 0 Å². The number of hydrogen-bond acceptors (Lipinski definition) is 3. The molecule has 0 heterocycles. The van der Waals surface area contributed by atoms with Gasteiger partial charge in [-0.05, 0) is 25.0 Å². The predicted octanol–water partition coefficient (Wildman–Crippen LogP) is 1.97. The van der Waals surface area contributed by atoms with Crippen molar-refractivity contribution < 1.29 is 8.42 Å². The normalized spacial score (nSPS) is 12.1. The SMILES string of the molecule is Cc1ccc(S(=O)(=O)N(CCC(=N)N)CC(C)C)cc1. The van der Waals surface area contributed by atoms with Gasteiger partial charge in [0.25, 0.3) is 0 Å². The number of amidine groups is 1. The zero-order valence-electron chi connectivity index (χ0n) is 12.3. The van der Waals surface area contributed by atoms with Gasteiger partial charge in [0, 0.05) is 19.5 Å². The Morgan fingerprint density at radius 3 is 2.30 bits per heavy atom. The number of aryl methyl sites for hydroxylation is 1. The Morgan fingerprint density at radius 2 is 1.85 bits per heavy atom. The second kappa shape index (κ2) is 6.85. The van der Waals surface area contributed by atoms with Crippen LogP contribution >= 0.6 is 0 Å². The molecule has 5 nitrogen and oxygen atoms in total. The van der Waals surface area contributed by atoms with E-state index in [1.165, 1.54) is 4.31 Å². The van der Waals surface area contributed by atoms with Crippen LogP contribution in [0.4, 0.5) is 0 Å². The first-order valence-corrected chi connectivity index (χ1v) is 8.07. The third kappa shape index (κ3) is 4.61. The van der Waals surface area contributed by atoms with Gasteiger partial charge in [0.1, 0.15) is 0 Å². The van der Waals surface area contributed by atoms with Gasteiger partial charge >= 0.3 is 0 Å². The molecule has 1 aromatic rings. The van der Waals surface area contributed by atoms with Crippen molar-refractivity contribution in [2.75, 3.05) is 13.1 Å². The summed E-state index contributed by atoms with van der Waals surface area (Å²) in [5, 5.41) is 7.26. The van der Waals surface area contributed by atoms with Crippen LogP contribution in [0.2, 0.25) is 0 Å². The number of sulfonamides is 1. The molecule has 0 bridgehead atoms. The summed E-state index contributed by atoms with van der Waals surface area (Å²) in [6, 6.07) is 6.80. The second-order valence-electron chi connectivity index (χ2n) is 5.35. The smallest absolute Gasteiger partial charge is 0.243 e. The molecule has 0 radical (unpaired) electrons. The minimum absolute atomic E-state index is 0.00198. The summed E-state index contributed by atoms with van der Waals surface area (Å²) in [7, 11) is -3.53. The van der Waals surface area contributed by atoms with Crippen LogP contribution in [-0.4, -0.2) is 31.6 Å². The highest BCUT2D eigenvalue weighted by molar-refractivity contribution is 7.89. The third-order valence-electron chi connectivity index (χ3n) is 2.86. The van der Waals surface area contributed by atoms with Crippen molar-refractivity contribution in [3.63, 3.8) is 0 Å². The van der Waals surface area contributed by atoms with E-state index in [0.717, 1.165) is 5.56 Å². The molecule has 20 heavy (non-hydrogen) atoms. The van der Waals surface area contributed by atoms with E-state index in [2.05, 4.69) is 0 Å². The minimum atomic E-state index is -3.53. The summed E-state index contributed by atoms with van der Waals surface area (Å²) < 4.78 is 26.6. The number of nitrogens with two attached hydrogens (primary N) is 1. The number of nitrogens with zero attached hydrogens (tertiary/aromatic N) is 1. The topological polar surface area (TPSA) is 87.2 Å². The van der Waals surface area contributed by atoms with Crippen molar-refractivity contribution in [2.24, 2.45) is 11.7 Å². The molecular formula is C14H23N3O2S. The molecule has 112 valence electrons. The van der Waals surface area contributed by atoms with Crippen molar-refractivity contribution in [3.8, 4) is 0 Å². The molecule has 3 N–H and O–H groups in total. The Labute approximate surface area is 121 Å². The van der Waals surface area contributed by atoms with Crippen LogP contribution < -0.4 is 5.73 Å². The molecule has 1 rings (SSSR count). The lowest BCUT2D eigenvalue weighted by atomic mass is 10.2. The van der Waals surface area contributed by atoms with E-state index in [9.17, 15) is 8.42 Å². The summed E-state index contributed by atoms with van der Waals surface area (Å²) in [5.41, 5.74) is 6.35. The lowest BCUT2D eigenvalue weighted by molar-refractivity contribution is 0.374. The molecule has 0 amide bonds. The summed E-state index contributed by atoms with van der Waals surface area (Å²) in [6.45, 7) is 6.50. The Morgan fingerprint density at radius 1 is 1.30 bits per heavy atom. The van der Waals surface area contributed by atoms with E-state index >= 15 is 0 Å². The summed E-state index contributed by atoms with van der Waals surface area (Å²) in [5.74, 6) is 0.208. The lowest BCUT2D eigenvalue weighted by Crippen LogP contribution is -2.36. The lowest BCUT2D eigenvalue weighted by Gasteiger charge is -2.23. The van der Waals surface area contributed by atoms with Crippen LogP contribution in [0.5, 0.6) is 0 Å². The summed E-state index contributed by atoms with van der Waals surface area (Å²) in [6.07, 6.45) is 0.248. The second-order valence-corrected chi connectivity index (χ2v) is 7.28. The van der Waals surface area contributed by atoms with E-state index in [1.54, 1.807) is 24.3 Å². The standard InChI is InChI=1S/C14H23N3O2S/c1-11(2)10-17(9-8-14(15)16)20(18,19)13-6-4-12(3)5-7-13/h4-7,11H,8-10H2,1-3H3,(H3,15,16). The van der Waals surface area contributed by atoms with Crippen LogP contribution in [0, 0.1) is 18.3 Å². The monoisotopic (exact) mass is 297 g/mol. The van der Waals surface area contributed by atoms with Crippen LogP contribution in [0.3, 0.4) is 0 Å². The quantitative estimate of drug-likeness (QED) is 0.596.